The summed E-state index contributed by atoms with van der Waals surface area (Å²) >= 11 is 1.87. The van der Waals surface area contributed by atoms with Crippen LogP contribution >= 0.6 is 23.7 Å². The molecule has 0 aliphatic carbocycles. The Bertz CT molecular complexity index is 310. The maximum absolute atomic E-state index is 6.29. The van der Waals surface area contributed by atoms with E-state index in [0.717, 1.165) is 32.5 Å². The third kappa shape index (κ3) is 3.20. The van der Waals surface area contributed by atoms with Crippen molar-refractivity contribution in [2.45, 2.75) is 32.2 Å². The predicted octanol–water partition coefficient (Wildman–Crippen LogP) is 3.16. The van der Waals surface area contributed by atoms with Crippen molar-refractivity contribution in [1.29, 1.82) is 0 Å². The number of ether oxygens (including phenoxy) is 1. The van der Waals surface area contributed by atoms with Crippen molar-refractivity contribution >= 4 is 23.7 Å². The van der Waals surface area contributed by atoms with E-state index in [0.29, 0.717) is 5.92 Å². The van der Waals surface area contributed by atoms with Crippen LogP contribution in [0, 0.1) is 5.92 Å². The molecule has 2 rings (SSSR count). The summed E-state index contributed by atoms with van der Waals surface area (Å²) in [6.07, 6.45) is 3.34. The summed E-state index contributed by atoms with van der Waals surface area (Å²) in [6, 6.07) is 4.63. The lowest BCUT2D eigenvalue weighted by molar-refractivity contribution is 0.0587. The first kappa shape index (κ1) is 14.0. The molecule has 0 bridgehead atoms. The van der Waals surface area contributed by atoms with Gasteiger partial charge in [-0.1, -0.05) is 6.92 Å². The lowest BCUT2D eigenvalue weighted by Gasteiger charge is -2.26. The fourth-order valence-corrected chi connectivity index (χ4v) is 3.12. The third-order valence-electron chi connectivity index (χ3n) is 3.13. The average Bonchev–Trinajstić information content (AvgIpc) is 2.78. The van der Waals surface area contributed by atoms with Gasteiger partial charge in [-0.25, -0.2) is 0 Å². The van der Waals surface area contributed by atoms with Crippen LogP contribution in [-0.4, -0.2) is 13.2 Å². The molecule has 0 radical (unpaired) electrons. The molecule has 1 aromatic heterocycles. The lowest BCUT2D eigenvalue weighted by atomic mass is 9.91. The second kappa shape index (κ2) is 6.60. The molecule has 1 aromatic rings. The minimum Gasteiger partial charge on any atom is -0.381 e. The van der Waals surface area contributed by atoms with Gasteiger partial charge in [0.15, 0.2) is 0 Å². The summed E-state index contributed by atoms with van der Waals surface area (Å²) in [5, 5.41) is 0. The van der Waals surface area contributed by atoms with Crippen LogP contribution in [0.2, 0.25) is 0 Å². The number of hydrogen-bond acceptors (Lipinski definition) is 3. The molecule has 1 atom stereocenters. The SMILES string of the molecule is CCc1ccc([C@H](N)C2CCOCC2)s1.Cl. The van der Waals surface area contributed by atoms with E-state index in [1.165, 1.54) is 9.75 Å². The highest BCUT2D eigenvalue weighted by Gasteiger charge is 2.23. The first-order valence-corrected chi connectivity index (χ1v) is 6.55. The monoisotopic (exact) mass is 261 g/mol. The zero-order chi connectivity index (χ0) is 10.7. The van der Waals surface area contributed by atoms with Crippen LogP contribution < -0.4 is 5.73 Å². The fraction of sp³-hybridized carbons (Fsp3) is 0.667. The van der Waals surface area contributed by atoms with Crippen molar-refractivity contribution in [2.75, 3.05) is 13.2 Å². The van der Waals surface area contributed by atoms with Crippen molar-refractivity contribution in [3.63, 3.8) is 0 Å². The highest BCUT2D eigenvalue weighted by Crippen LogP contribution is 2.32. The second-order valence-corrected chi connectivity index (χ2v) is 5.33. The van der Waals surface area contributed by atoms with Crippen LogP contribution in [0.15, 0.2) is 12.1 Å². The number of halogens is 1. The van der Waals surface area contributed by atoms with Crippen LogP contribution in [-0.2, 0) is 11.2 Å². The molecule has 1 aliphatic rings. The van der Waals surface area contributed by atoms with E-state index in [1.54, 1.807) is 0 Å². The summed E-state index contributed by atoms with van der Waals surface area (Å²) in [5.41, 5.74) is 6.29. The predicted molar refractivity (Wildman–Crippen MR) is 71.4 cm³/mol. The van der Waals surface area contributed by atoms with Gasteiger partial charge in [0.2, 0.25) is 0 Å². The number of aryl methyl sites for hydroxylation is 1. The lowest BCUT2D eigenvalue weighted by Crippen LogP contribution is -2.26. The second-order valence-electron chi connectivity index (χ2n) is 4.13. The van der Waals surface area contributed by atoms with Gasteiger partial charge >= 0.3 is 0 Å². The maximum atomic E-state index is 6.29. The Hall–Kier alpha value is -0.0900. The molecule has 0 saturated carbocycles. The standard InChI is InChI=1S/C12H19NOS.ClH/c1-2-10-3-4-11(15-10)12(13)9-5-7-14-8-6-9;/h3-4,9,12H,2,5-8,13H2,1H3;1H/t12-;/m1./s1. The Morgan fingerprint density at radius 3 is 2.69 bits per heavy atom. The van der Waals surface area contributed by atoms with Gasteiger partial charge in [-0.3, -0.25) is 0 Å². The Morgan fingerprint density at radius 2 is 2.12 bits per heavy atom. The van der Waals surface area contributed by atoms with Crippen LogP contribution in [0.1, 0.15) is 35.6 Å². The van der Waals surface area contributed by atoms with Crippen molar-refractivity contribution < 1.29 is 4.74 Å². The molecule has 0 aromatic carbocycles. The largest absolute Gasteiger partial charge is 0.381 e. The molecule has 2 N–H and O–H groups in total. The van der Waals surface area contributed by atoms with Crippen molar-refractivity contribution in [3.8, 4) is 0 Å². The van der Waals surface area contributed by atoms with Gasteiger partial charge < -0.3 is 10.5 Å². The quantitative estimate of drug-likeness (QED) is 0.907. The Kier molecular flexibility index (Phi) is 5.76. The average molecular weight is 262 g/mol. The van der Waals surface area contributed by atoms with Gasteiger partial charge in [0.05, 0.1) is 0 Å². The summed E-state index contributed by atoms with van der Waals surface area (Å²) in [5.74, 6) is 0.613. The van der Waals surface area contributed by atoms with Crippen molar-refractivity contribution in [2.24, 2.45) is 11.7 Å². The number of hydrogen-bond donors (Lipinski definition) is 1. The Balaban J connectivity index is 0.00000128. The van der Waals surface area contributed by atoms with Gasteiger partial charge in [-0.2, -0.15) is 0 Å². The van der Waals surface area contributed by atoms with Crippen molar-refractivity contribution in [1.82, 2.24) is 0 Å². The zero-order valence-electron chi connectivity index (χ0n) is 9.65. The highest BCUT2D eigenvalue weighted by molar-refractivity contribution is 7.12. The molecule has 92 valence electrons. The molecular weight excluding hydrogens is 242 g/mol. The first-order chi connectivity index (χ1) is 7.31. The van der Waals surface area contributed by atoms with E-state index < -0.39 is 0 Å². The number of rotatable bonds is 3. The number of thiophene rings is 1. The molecule has 2 heterocycles. The molecular formula is C12H20ClNOS. The van der Waals surface area contributed by atoms with E-state index >= 15 is 0 Å². The van der Waals surface area contributed by atoms with Gasteiger partial charge in [0.1, 0.15) is 0 Å². The van der Waals surface area contributed by atoms with Crippen LogP contribution in [0.25, 0.3) is 0 Å². The third-order valence-corrected chi connectivity index (χ3v) is 4.46. The summed E-state index contributed by atoms with van der Waals surface area (Å²) < 4.78 is 5.36. The maximum Gasteiger partial charge on any atom is 0.0469 e. The molecule has 2 nitrogen and oxygen atoms in total. The van der Waals surface area contributed by atoms with Crippen LogP contribution in [0.5, 0.6) is 0 Å². The summed E-state index contributed by atoms with van der Waals surface area (Å²) in [4.78, 5) is 2.78. The molecule has 1 saturated heterocycles. The minimum absolute atomic E-state index is 0. The van der Waals surface area contributed by atoms with E-state index in [4.69, 9.17) is 10.5 Å². The fourth-order valence-electron chi connectivity index (χ4n) is 2.07. The van der Waals surface area contributed by atoms with E-state index in [-0.39, 0.29) is 18.4 Å². The normalized spacial score (nSPS) is 19.1. The van der Waals surface area contributed by atoms with E-state index in [1.807, 2.05) is 11.3 Å². The number of nitrogens with two attached hydrogens (primary N) is 1. The van der Waals surface area contributed by atoms with Gasteiger partial charge in [-0.15, -0.1) is 23.7 Å². The molecule has 16 heavy (non-hydrogen) atoms. The highest BCUT2D eigenvalue weighted by atomic mass is 35.5. The van der Waals surface area contributed by atoms with Gasteiger partial charge in [0, 0.05) is 29.0 Å². The van der Waals surface area contributed by atoms with E-state index in [2.05, 4.69) is 19.1 Å². The molecule has 0 unspecified atom stereocenters. The molecule has 0 spiro atoms. The van der Waals surface area contributed by atoms with E-state index in [9.17, 15) is 0 Å². The van der Waals surface area contributed by atoms with Crippen LogP contribution in [0.4, 0.5) is 0 Å². The molecule has 4 heteroatoms. The topological polar surface area (TPSA) is 35.2 Å². The summed E-state index contributed by atoms with van der Waals surface area (Å²) in [6.45, 7) is 3.95. The minimum atomic E-state index is 0. The van der Waals surface area contributed by atoms with Crippen LogP contribution in [0.3, 0.4) is 0 Å². The van der Waals surface area contributed by atoms with Gasteiger partial charge in [-0.05, 0) is 37.3 Å². The molecule has 1 fully saturated rings. The van der Waals surface area contributed by atoms with Gasteiger partial charge in [0.25, 0.3) is 0 Å². The molecule has 1 aliphatic heterocycles. The summed E-state index contributed by atoms with van der Waals surface area (Å²) in [7, 11) is 0. The van der Waals surface area contributed by atoms with Crippen molar-refractivity contribution in [3.05, 3.63) is 21.9 Å². The molecule has 0 amide bonds. The Labute approximate surface area is 108 Å². The zero-order valence-corrected chi connectivity index (χ0v) is 11.3. The smallest absolute Gasteiger partial charge is 0.0469 e. The Morgan fingerprint density at radius 1 is 1.44 bits per heavy atom. The first-order valence-electron chi connectivity index (χ1n) is 5.73.